The number of hydrogen-bond donors (Lipinski definition) is 2. The summed E-state index contributed by atoms with van der Waals surface area (Å²) >= 11 is 4.40. The molecule has 0 unspecified atom stereocenters. The number of rotatable bonds is 6. The summed E-state index contributed by atoms with van der Waals surface area (Å²) in [6, 6.07) is 39.1. The molecule has 0 saturated heterocycles. The fraction of sp³-hybridized carbons (Fsp3) is 0.0400. The molecule has 0 aliphatic rings. The fourth-order valence-corrected chi connectivity index (χ4v) is 11.9. The Bertz CT molecular complexity index is 1020. The molecule has 4 aromatic carbocycles. The van der Waals surface area contributed by atoms with Crippen molar-refractivity contribution in [2.24, 2.45) is 0 Å². The number of benzene rings is 4. The molecule has 2 N–H and O–H groups in total. The molecule has 4 rings (SSSR count). The summed E-state index contributed by atoms with van der Waals surface area (Å²) in [5.74, 6) is 0. The fourth-order valence-electron chi connectivity index (χ4n) is 4.19. The zero-order valence-electron chi connectivity index (χ0n) is 16.5. The minimum atomic E-state index is -3.17. The Morgan fingerprint density at radius 1 is 0.567 bits per heavy atom. The molecule has 150 valence electrons. The van der Waals surface area contributed by atoms with E-state index >= 15 is 0 Å². The predicted molar refractivity (Wildman–Crippen MR) is 134 cm³/mol. The molecule has 0 saturated carbocycles. The van der Waals surface area contributed by atoms with Crippen LogP contribution in [0.3, 0.4) is 0 Å². The standard InChI is InChI=1S/C25H23BBrO2P/c27-30(22-13-4-1-5-14-22,23-15-6-2-7-16-23,24-17-8-3-9-18-24)20-21-12-10-11-19-25(21)26(28)29/h1-19,28-29H,20H2. The van der Waals surface area contributed by atoms with Crippen LogP contribution >= 0.6 is 20.8 Å². The first-order chi connectivity index (χ1) is 14.5. The molecular weight excluding hydrogens is 454 g/mol. The van der Waals surface area contributed by atoms with E-state index in [1.807, 2.05) is 36.4 Å². The van der Waals surface area contributed by atoms with Crippen LogP contribution in [0.1, 0.15) is 5.56 Å². The van der Waals surface area contributed by atoms with E-state index in [0.717, 1.165) is 5.56 Å². The van der Waals surface area contributed by atoms with Crippen molar-refractivity contribution in [3.63, 3.8) is 0 Å². The molecule has 0 atom stereocenters. The Balaban J connectivity index is 2.10. The summed E-state index contributed by atoms with van der Waals surface area (Å²) in [7, 11) is -1.52. The summed E-state index contributed by atoms with van der Waals surface area (Å²) < 4.78 is 0. The van der Waals surface area contributed by atoms with Crippen molar-refractivity contribution in [1.82, 2.24) is 0 Å². The van der Waals surface area contributed by atoms with Gasteiger partial charge in [-0.05, 0) is 0 Å². The van der Waals surface area contributed by atoms with Crippen LogP contribution in [0.25, 0.3) is 0 Å². The third-order valence-corrected chi connectivity index (χ3v) is 15.2. The first kappa shape index (κ1) is 21.0. The van der Waals surface area contributed by atoms with Crippen molar-refractivity contribution < 1.29 is 10.0 Å². The van der Waals surface area contributed by atoms with Crippen LogP contribution in [-0.4, -0.2) is 17.2 Å². The van der Waals surface area contributed by atoms with Crippen molar-refractivity contribution in [1.29, 1.82) is 0 Å². The van der Waals surface area contributed by atoms with Gasteiger partial charge in [0.15, 0.2) is 0 Å². The topological polar surface area (TPSA) is 40.5 Å². The second-order valence-corrected chi connectivity index (χ2v) is 16.3. The van der Waals surface area contributed by atoms with Crippen molar-refractivity contribution in [3.8, 4) is 0 Å². The van der Waals surface area contributed by atoms with Crippen LogP contribution in [0.4, 0.5) is 0 Å². The Morgan fingerprint density at radius 3 is 1.33 bits per heavy atom. The van der Waals surface area contributed by atoms with Gasteiger partial charge in [0.05, 0.1) is 0 Å². The van der Waals surface area contributed by atoms with Gasteiger partial charge in [-0.2, -0.15) is 0 Å². The van der Waals surface area contributed by atoms with Gasteiger partial charge in [-0.3, -0.25) is 0 Å². The van der Waals surface area contributed by atoms with Crippen LogP contribution in [0, 0.1) is 0 Å². The van der Waals surface area contributed by atoms with Gasteiger partial charge in [0.25, 0.3) is 0 Å². The van der Waals surface area contributed by atoms with Gasteiger partial charge in [-0.15, -0.1) is 0 Å². The maximum absolute atomic E-state index is 10.1. The van der Waals surface area contributed by atoms with Gasteiger partial charge in [-0.25, -0.2) is 0 Å². The summed E-state index contributed by atoms with van der Waals surface area (Å²) in [4.78, 5) is 0. The molecule has 0 aliphatic carbocycles. The Morgan fingerprint density at radius 2 is 0.933 bits per heavy atom. The molecule has 0 aromatic heterocycles. The molecule has 2 nitrogen and oxygen atoms in total. The van der Waals surface area contributed by atoms with Crippen LogP contribution < -0.4 is 21.4 Å². The van der Waals surface area contributed by atoms with E-state index < -0.39 is 12.4 Å². The normalized spacial score (nSPS) is 12.7. The van der Waals surface area contributed by atoms with Gasteiger partial charge in [0.2, 0.25) is 0 Å². The second-order valence-electron chi connectivity index (χ2n) is 7.42. The van der Waals surface area contributed by atoms with E-state index in [1.165, 1.54) is 15.9 Å². The molecule has 0 bridgehead atoms. The number of halogens is 1. The first-order valence-electron chi connectivity index (χ1n) is 9.87. The van der Waals surface area contributed by atoms with E-state index in [1.54, 1.807) is 6.07 Å². The van der Waals surface area contributed by atoms with E-state index in [2.05, 4.69) is 88.3 Å². The summed E-state index contributed by atoms with van der Waals surface area (Å²) in [6.45, 7) is 0. The Hall–Kier alpha value is -2.23. The van der Waals surface area contributed by atoms with E-state index in [0.29, 0.717) is 11.6 Å². The quantitative estimate of drug-likeness (QED) is 0.329. The average Bonchev–Trinajstić information content (AvgIpc) is 2.81. The van der Waals surface area contributed by atoms with Gasteiger partial charge < -0.3 is 0 Å². The van der Waals surface area contributed by atoms with Gasteiger partial charge >= 0.3 is 186 Å². The second kappa shape index (κ2) is 8.49. The summed E-state index contributed by atoms with van der Waals surface area (Å²) in [5.41, 5.74) is 1.45. The van der Waals surface area contributed by atoms with E-state index in [-0.39, 0.29) is 0 Å². The zero-order chi connectivity index (χ0) is 21.1. The Labute approximate surface area is 186 Å². The van der Waals surface area contributed by atoms with Gasteiger partial charge in [-0.1, -0.05) is 0 Å². The van der Waals surface area contributed by atoms with Crippen molar-refractivity contribution >= 4 is 49.3 Å². The summed E-state index contributed by atoms with van der Waals surface area (Å²) in [5, 5.41) is 20.5. The van der Waals surface area contributed by atoms with Gasteiger partial charge in [0, 0.05) is 0 Å². The Kier molecular flexibility index (Phi) is 5.95. The van der Waals surface area contributed by atoms with Crippen LogP contribution in [-0.2, 0) is 6.16 Å². The molecule has 0 aliphatic heterocycles. The molecule has 0 heterocycles. The van der Waals surface area contributed by atoms with E-state index in [9.17, 15) is 10.0 Å². The maximum atomic E-state index is 10.1. The monoisotopic (exact) mass is 476 g/mol. The van der Waals surface area contributed by atoms with Crippen LogP contribution in [0.2, 0.25) is 0 Å². The summed E-state index contributed by atoms with van der Waals surface area (Å²) in [6.07, 6.45) is 0.622. The predicted octanol–water partition coefficient (Wildman–Crippen LogP) is 3.71. The van der Waals surface area contributed by atoms with Crippen molar-refractivity contribution in [3.05, 3.63) is 121 Å². The first-order valence-corrected chi connectivity index (χ1v) is 14.3. The molecule has 0 amide bonds. The third-order valence-electron chi connectivity index (χ3n) is 5.68. The SMILES string of the molecule is OB(O)c1ccccc1CP(Br)(c1ccccc1)(c1ccccc1)c1ccccc1. The minimum absolute atomic E-state index is 0.536. The van der Waals surface area contributed by atoms with Gasteiger partial charge in [0.1, 0.15) is 0 Å². The van der Waals surface area contributed by atoms with Crippen molar-refractivity contribution in [2.75, 3.05) is 0 Å². The molecule has 0 fully saturated rings. The molecule has 0 spiro atoms. The van der Waals surface area contributed by atoms with E-state index in [4.69, 9.17) is 0 Å². The van der Waals surface area contributed by atoms with Crippen LogP contribution in [0.15, 0.2) is 115 Å². The zero-order valence-corrected chi connectivity index (χ0v) is 19.0. The molecular formula is C25H23BBrO2P. The average molecular weight is 477 g/mol. The molecule has 30 heavy (non-hydrogen) atoms. The molecule has 4 aromatic rings. The molecule has 0 radical (unpaired) electrons. The van der Waals surface area contributed by atoms with Crippen molar-refractivity contribution in [2.45, 2.75) is 6.16 Å². The number of hydrogen-bond acceptors (Lipinski definition) is 2. The molecule has 5 heteroatoms. The van der Waals surface area contributed by atoms with Crippen LogP contribution in [0.5, 0.6) is 0 Å². The third kappa shape index (κ3) is 3.55.